The van der Waals surface area contributed by atoms with E-state index < -0.39 is 22.9 Å². The zero-order chi connectivity index (χ0) is 19.8. The molecule has 2 aliphatic rings. The van der Waals surface area contributed by atoms with Crippen molar-refractivity contribution < 1.29 is 19.6 Å². The molecule has 4 rings (SSSR count). The molecule has 7 nitrogen and oxygen atoms in total. The summed E-state index contributed by atoms with van der Waals surface area (Å²) in [6.07, 6.45) is 3.68. The molecule has 0 radical (unpaired) electrons. The van der Waals surface area contributed by atoms with Crippen LogP contribution in [0.1, 0.15) is 59.1 Å². The van der Waals surface area contributed by atoms with Crippen LogP contribution in [0.5, 0.6) is 0 Å². The van der Waals surface area contributed by atoms with Crippen LogP contribution in [0, 0.1) is 10.1 Å². The summed E-state index contributed by atoms with van der Waals surface area (Å²) in [5, 5.41) is 21.1. The Morgan fingerprint density at radius 1 is 1.07 bits per heavy atom. The number of non-ortho nitro benzene ring substituents is 1. The van der Waals surface area contributed by atoms with Crippen LogP contribution in [-0.4, -0.2) is 32.8 Å². The van der Waals surface area contributed by atoms with E-state index in [9.17, 15) is 24.8 Å². The van der Waals surface area contributed by atoms with Gasteiger partial charge in [0.25, 0.3) is 11.6 Å². The first kappa shape index (κ1) is 18.2. The molecule has 1 N–H and O–H groups in total. The van der Waals surface area contributed by atoms with E-state index in [1.165, 1.54) is 12.1 Å². The molecule has 2 aromatic rings. The fourth-order valence-electron chi connectivity index (χ4n) is 4.55. The molecule has 2 aromatic carbocycles. The number of aliphatic carboxylic acids is 1. The number of benzene rings is 2. The first-order valence-electron chi connectivity index (χ1n) is 9.38. The quantitative estimate of drug-likeness (QED) is 0.640. The van der Waals surface area contributed by atoms with Crippen LogP contribution in [0.2, 0.25) is 0 Å². The minimum absolute atomic E-state index is 0.0251. The van der Waals surface area contributed by atoms with Crippen molar-refractivity contribution in [3.05, 3.63) is 75.3 Å². The summed E-state index contributed by atoms with van der Waals surface area (Å²) in [5.74, 6) is -2.09. The highest BCUT2D eigenvalue weighted by Gasteiger charge is 2.47. The SMILES string of the molecule is O=C(O)C1c2ccccc2C(=O)N(C2CCCC2)C1c1ccc([N+](=O)[O-])cc1. The number of fused-ring (bicyclic) bond motifs is 1. The van der Waals surface area contributed by atoms with E-state index in [4.69, 9.17) is 0 Å². The zero-order valence-corrected chi connectivity index (χ0v) is 15.2. The summed E-state index contributed by atoms with van der Waals surface area (Å²) in [6.45, 7) is 0. The van der Waals surface area contributed by atoms with Gasteiger partial charge < -0.3 is 10.0 Å². The number of nitro benzene ring substituents is 1. The molecule has 1 heterocycles. The molecule has 2 unspecified atom stereocenters. The Balaban J connectivity index is 1.88. The maximum Gasteiger partial charge on any atom is 0.313 e. The normalized spacial score (nSPS) is 22.1. The molecule has 1 aliphatic heterocycles. The zero-order valence-electron chi connectivity index (χ0n) is 15.2. The van der Waals surface area contributed by atoms with Crippen LogP contribution in [0.25, 0.3) is 0 Å². The Labute approximate surface area is 161 Å². The topological polar surface area (TPSA) is 101 Å². The standard InChI is InChI=1S/C21H20N2O5/c24-20-17-8-4-3-7-16(17)18(21(25)26)19(22(20)14-5-1-2-6-14)13-9-11-15(12-10-13)23(27)28/h3-4,7-12,14,18-19H,1-2,5-6H2,(H,25,26). The second-order valence-corrected chi connectivity index (χ2v) is 7.35. The van der Waals surface area contributed by atoms with Gasteiger partial charge in [-0.1, -0.05) is 43.2 Å². The first-order chi connectivity index (χ1) is 13.5. The maximum absolute atomic E-state index is 13.4. The summed E-state index contributed by atoms with van der Waals surface area (Å²) in [6, 6.07) is 12.0. The fraction of sp³-hybridized carbons (Fsp3) is 0.333. The van der Waals surface area contributed by atoms with E-state index in [0.29, 0.717) is 16.7 Å². The largest absolute Gasteiger partial charge is 0.481 e. The van der Waals surface area contributed by atoms with Gasteiger partial charge in [0.05, 0.1) is 11.0 Å². The summed E-state index contributed by atoms with van der Waals surface area (Å²) in [4.78, 5) is 37.9. The van der Waals surface area contributed by atoms with Crippen LogP contribution < -0.4 is 0 Å². The molecule has 28 heavy (non-hydrogen) atoms. The first-order valence-corrected chi connectivity index (χ1v) is 9.38. The average Bonchev–Trinajstić information content (AvgIpc) is 3.22. The Kier molecular flexibility index (Phi) is 4.58. The molecule has 0 saturated heterocycles. The lowest BCUT2D eigenvalue weighted by molar-refractivity contribution is -0.384. The maximum atomic E-state index is 13.4. The molecule has 0 spiro atoms. The van der Waals surface area contributed by atoms with E-state index in [1.807, 2.05) is 0 Å². The summed E-state index contributed by atoms with van der Waals surface area (Å²) >= 11 is 0. The predicted molar refractivity (Wildman–Crippen MR) is 101 cm³/mol. The fourth-order valence-corrected chi connectivity index (χ4v) is 4.55. The molecule has 1 amide bonds. The van der Waals surface area contributed by atoms with Crippen molar-refractivity contribution in [3.8, 4) is 0 Å². The van der Waals surface area contributed by atoms with Crippen molar-refractivity contribution in [1.82, 2.24) is 4.90 Å². The number of hydrogen-bond donors (Lipinski definition) is 1. The molecule has 1 saturated carbocycles. The molecule has 0 bridgehead atoms. The van der Waals surface area contributed by atoms with Gasteiger partial charge in [0.1, 0.15) is 5.92 Å². The van der Waals surface area contributed by atoms with Gasteiger partial charge in [-0.2, -0.15) is 0 Å². The van der Waals surface area contributed by atoms with Gasteiger partial charge in [0.2, 0.25) is 0 Å². The van der Waals surface area contributed by atoms with Crippen molar-refractivity contribution in [2.24, 2.45) is 0 Å². The lowest BCUT2D eigenvalue weighted by atomic mass is 9.79. The van der Waals surface area contributed by atoms with E-state index in [-0.39, 0.29) is 17.6 Å². The van der Waals surface area contributed by atoms with Gasteiger partial charge in [-0.3, -0.25) is 19.7 Å². The number of hydrogen-bond acceptors (Lipinski definition) is 4. The minimum Gasteiger partial charge on any atom is -0.481 e. The smallest absolute Gasteiger partial charge is 0.313 e. The minimum atomic E-state index is -1.01. The molecular formula is C21H20N2O5. The third-order valence-electron chi connectivity index (χ3n) is 5.81. The van der Waals surface area contributed by atoms with Crippen LogP contribution in [0.4, 0.5) is 5.69 Å². The number of amides is 1. The molecule has 7 heteroatoms. The molecular weight excluding hydrogens is 360 g/mol. The monoisotopic (exact) mass is 380 g/mol. The molecule has 1 aliphatic carbocycles. The van der Waals surface area contributed by atoms with Gasteiger partial charge >= 0.3 is 5.97 Å². The van der Waals surface area contributed by atoms with Crippen molar-refractivity contribution in [3.63, 3.8) is 0 Å². The Bertz CT molecular complexity index is 934. The number of nitro groups is 1. The van der Waals surface area contributed by atoms with Crippen molar-refractivity contribution >= 4 is 17.6 Å². The highest BCUT2D eigenvalue weighted by Crippen LogP contribution is 2.46. The Morgan fingerprint density at radius 3 is 2.32 bits per heavy atom. The number of nitrogens with zero attached hydrogens (tertiary/aromatic N) is 2. The Hall–Kier alpha value is -3.22. The second kappa shape index (κ2) is 7.07. The third kappa shape index (κ3) is 2.93. The predicted octanol–water partition coefficient (Wildman–Crippen LogP) is 3.90. The highest BCUT2D eigenvalue weighted by molar-refractivity contribution is 6.00. The number of carboxylic acids is 1. The van der Waals surface area contributed by atoms with Crippen LogP contribution in [-0.2, 0) is 4.79 Å². The van der Waals surface area contributed by atoms with Gasteiger partial charge in [-0.15, -0.1) is 0 Å². The lowest BCUT2D eigenvalue weighted by Gasteiger charge is -2.44. The Morgan fingerprint density at radius 2 is 1.71 bits per heavy atom. The molecule has 1 fully saturated rings. The van der Waals surface area contributed by atoms with E-state index in [2.05, 4.69) is 0 Å². The number of carbonyl (C=O) groups excluding carboxylic acids is 1. The van der Waals surface area contributed by atoms with Crippen LogP contribution in [0.15, 0.2) is 48.5 Å². The summed E-state index contributed by atoms with van der Waals surface area (Å²) in [7, 11) is 0. The van der Waals surface area contributed by atoms with Gasteiger partial charge in [-0.05, 0) is 30.0 Å². The van der Waals surface area contributed by atoms with E-state index in [1.54, 1.807) is 41.3 Å². The number of carboxylic acid groups (broad SMARTS) is 1. The number of rotatable bonds is 4. The van der Waals surface area contributed by atoms with E-state index >= 15 is 0 Å². The second-order valence-electron chi connectivity index (χ2n) is 7.35. The number of carbonyl (C=O) groups is 2. The molecule has 144 valence electrons. The third-order valence-corrected chi connectivity index (χ3v) is 5.81. The van der Waals surface area contributed by atoms with Crippen molar-refractivity contribution in [2.45, 2.75) is 43.7 Å². The molecule has 0 aromatic heterocycles. The van der Waals surface area contributed by atoms with Crippen LogP contribution in [0.3, 0.4) is 0 Å². The van der Waals surface area contributed by atoms with Gasteiger partial charge in [0.15, 0.2) is 0 Å². The van der Waals surface area contributed by atoms with Gasteiger partial charge in [-0.25, -0.2) is 0 Å². The van der Waals surface area contributed by atoms with Crippen molar-refractivity contribution in [2.75, 3.05) is 0 Å². The highest BCUT2D eigenvalue weighted by atomic mass is 16.6. The summed E-state index contributed by atoms with van der Waals surface area (Å²) < 4.78 is 0. The van der Waals surface area contributed by atoms with Crippen LogP contribution >= 0.6 is 0 Å². The van der Waals surface area contributed by atoms with Crippen molar-refractivity contribution in [1.29, 1.82) is 0 Å². The average molecular weight is 380 g/mol. The van der Waals surface area contributed by atoms with E-state index in [0.717, 1.165) is 25.7 Å². The lowest BCUT2D eigenvalue weighted by Crippen LogP contribution is -2.49. The van der Waals surface area contributed by atoms with Gasteiger partial charge in [0, 0.05) is 23.7 Å². The molecule has 2 atom stereocenters. The summed E-state index contributed by atoms with van der Waals surface area (Å²) in [5.41, 5.74) is 1.47.